The predicted molar refractivity (Wildman–Crippen MR) is 93.0 cm³/mol. The first-order chi connectivity index (χ1) is 10.7. The Bertz CT molecular complexity index is 701. The van der Waals surface area contributed by atoms with Crippen molar-refractivity contribution >= 4 is 23.3 Å². The van der Waals surface area contributed by atoms with Crippen LogP contribution in [-0.4, -0.2) is 17.4 Å². The molecule has 0 radical (unpaired) electrons. The van der Waals surface area contributed by atoms with Gasteiger partial charge in [0.25, 0.3) is 0 Å². The zero-order valence-electron chi connectivity index (χ0n) is 13.1. The third-order valence-corrected chi connectivity index (χ3v) is 5.22. The van der Waals surface area contributed by atoms with E-state index in [0.29, 0.717) is 0 Å². The van der Waals surface area contributed by atoms with E-state index in [-0.39, 0.29) is 11.9 Å². The minimum atomic E-state index is 0.116. The summed E-state index contributed by atoms with van der Waals surface area (Å²) in [6.45, 7) is 5.04. The Morgan fingerprint density at radius 3 is 3.05 bits per heavy atom. The van der Waals surface area contributed by atoms with Gasteiger partial charge in [-0.3, -0.25) is 4.79 Å². The molecule has 1 aromatic heterocycles. The maximum Gasteiger partial charge on any atom is 0.247 e. The van der Waals surface area contributed by atoms with Crippen LogP contribution >= 0.6 is 11.3 Å². The molecular weight excluding hydrogens is 290 g/mol. The number of rotatable bonds is 3. The summed E-state index contributed by atoms with van der Waals surface area (Å²) in [5.41, 5.74) is 3.63. The number of carbonyl (C=O) groups is 1. The van der Waals surface area contributed by atoms with Crippen LogP contribution in [0.2, 0.25) is 0 Å². The average Bonchev–Trinajstić information content (AvgIpc) is 3.00. The summed E-state index contributed by atoms with van der Waals surface area (Å²) in [6, 6.07) is 10.6. The monoisotopic (exact) mass is 311 g/mol. The Hall–Kier alpha value is -1.87. The Kier molecular flexibility index (Phi) is 4.44. The van der Waals surface area contributed by atoms with Crippen molar-refractivity contribution in [2.24, 2.45) is 0 Å². The molecule has 114 valence electrons. The molecule has 0 N–H and O–H groups in total. The van der Waals surface area contributed by atoms with Gasteiger partial charge in [0.15, 0.2) is 0 Å². The van der Waals surface area contributed by atoms with E-state index in [1.807, 2.05) is 34.4 Å². The topological polar surface area (TPSA) is 20.3 Å². The SMILES string of the molecule is CCC1c2ccsc2CCN1C(=O)C=Cc1cccc(C)c1. The zero-order chi connectivity index (χ0) is 15.5. The summed E-state index contributed by atoms with van der Waals surface area (Å²) >= 11 is 1.81. The third kappa shape index (κ3) is 3.00. The van der Waals surface area contributed by atoms with Gasteiger partial charge in [0.2, 0.25) is 5.91 Å². The molecular formula is C19H21NOS. The number of carbonyl (C=O) groups excluding carboxylic acids is 1. The van der Waals surface area contributed by atoms with Crippen molar-refractivity contribution in [2.45, 2.75) is 32.7 Å². The molecule has 0 fully saturated rings. The Morgan fingerprint density at radius 1 is 1.41 bits per heavy atom. The van der Waals surface area contributed by atoms with E-state index >= 15 is 0 Å². The second kappa shape index (κ2) is 6.49. The van der Waals surface area contributed by atoms with Crippen LogP contribution in [0, 0.1) is 6.92 Å². The minimum absolute atomic E-state index is 0.116. The molecule has 3 rings (SSSR count). The van der Waals surface area contributed by atoms with Crippen LogP contribution in [0.5, 0.6) is 0 Å². The quantitative estimate of drug-likeness (QED) is 0.758. The van der Waals surface area contributed by atoms with Gasteiger partial charge in [0.1, 0.15) is 0 Å². The molecule has 0 saturated heterocycles. The molecule has 0 bridgehead atoms. The first-order valence-electron chi connectivity index (χ1n) is 7.80. The average molecular weight is 311 g/mol. The first kappa shape index (κ1) is 15.0. The predicted octanol–water partition coefficient (Wildman–Crippen LogP) is 4.61. The molecule has 0 aliphatic carbocycles. The van der Waals surface area contributed by atoms with Crippen molar-refractivity contribution in [3.63, 3.8) is 0 Å². The molecule has 1 unspecified atom stereocenters. The highest BCUT2D eigenvalue weighted by molar-refractivity contribution is 7.10. The number of hydrogen-bond acceptors (Lipinski definition) is 2. The van der Waals surface area contributed by atoms with E-state index in [1.54, 1.807) is 6.08 Å². The molecule has 2 heterocycles. The number of amides is 1. The van der Waals surface area contributed by atoms with Gasteiger partial charge < -0.3 is 4.90 Å². The van der Waals surface area contributed by atoms with Crippen molar-refractivity contribution in [1.29, 1.82) is 0 Å². The van der Waals surface area contributed by atoms with E-state index in [0.717, 1.165) is 24.9 Å². The Labute approximate surface area is 136 Å². The molecule has 1 aromatic carbocycles. The lowest BCUT2D eigenvalue weighted by atomic mass is 9.97. The van der Waals surface area contributed by atoms with Crippen LogP contribution in [-0.2, 0) is 11.2 Å². The Balaban J connectivity index is 1.77. The van der Waals surface area contributed by atoms with Gasteiger partial charge in [-0.2, -0.15) is 0 Å². The summed E-state index contributed by atoms with van der Waals surface area (Å²) in [6.07, 6.45) is 5.58. The summed E-state index contributed by atoms with van der Waals surface area (Å²) < 4.78 is 0. The highest BCUT2D eigenvalue weighted by atomic mass is 32.1. The van der Waals surface area contributed by atoms with Crippen LogP contribution in [0.4, 0.5) is 0 Å². The molecule has 22 heavy (non-hydrogen) atoms. The highest BCUT2D eigenvalue weighted by Gasteiger charge is 2.29. The fraction of sp³-hybridized carbons (Fsp3) is 0.316. The molecule has 1 amide bonds. The lowest BCUT2D eigenvalue weighted by Crippen LogP contribution is -2.38. The number of nitrogens with zero attached hydrogens (tertiary/aromatic N) is 1. The second-order valence-corrected chi connectivity index (χ2v) is 6.75. The van der Waals surface area contributed by atoms with Gasteiger partial charge in [-0.25, -0.2) is 0 Å². The van der Waals surface area contributed by atoms with Crippen molar-refractivity contribution in [2.75, 3.05) is 6.54 Å². The highest BCUT2D eigenvalue weighted by Crippen LogP contribution is 2.35. The lowest BCUT2D eigenvalue weighted by molar-refractivity contribution is -0.128. The molecule has 2 nitrogen and oxygen atoms in total. The van der Waals surface area contributed by atoms with Crippen LogP contribution in [0.3, 0.4) is 0 Å². The van der Waals surface area contributed by atoms with Gasteiger partial charge in [0.05, 0.1) is 6.04 Å². The maximum absolute atomic E-state index is 12.6. The first-order valence-corrected chi connectivity index (χ1v) is 8.68. The van der Waals surface area contributed by atoms with Crippen molar-refractivity contribution < 1.29 is 4.79 Å². The van der Waals surface area contributed by atoms with E-state index < -0.39 is 0 Å². The number of hydrogen-bond donors (Lipinski definition) is 0. The molecule has 2 aromatic rings. The third-order valence-electron chi connectivity index (χ3n) is 4.23. The number of benzene rings is 1. The van der Waals surface area contributed by atoms with Gasteiger partial charge in [-0.1, -0.05) is 36.8 Å². The van der Waals surface area contributed by atoms with E-state index in [1.165, 1.54) is 16.0 Å². The van der Waals surface area contributed by atoms with Gasteiger partial charge >= 0.3 is 0 Å². The number of fused-ring (bicyclic) bond motifs is 1. The minimum Gasteiger partial charge on any atom is -0.332 e. The molecule has 0 spiro atoms. The van der Waals surface area contributed by atoms with Crippen LogP contribution in [0.15, 0.2) is 41.8 Å². The normalized spacial score (nSPS) is 17.7. The molecule has 0 saturated carbocycles. The summed E-state index contributed by atoms with van der Waals surface area (Å²) in [5.74, 6) is 0.116. The summed E-state index contributed by atoms with van der Waals surface area (Å²) in [7, 11) is 0. The van der Waals surface area contributed by atoms with Crippen molar-refractivity contribution in [3.05, 3.63) is 63.4 Å². The van der Waals surface area contributed by atoms with E-state index in [4.69, 9.17) is 0 Å². The van der Waals surface area contributed by atoms with E-state index in [9.17, 15) is 4.79 Å². The Morgan fingerprint density at radius 2 is 2.27 bits per heavy atom. The zero-order valence-corrected chi connectivity index (χ0v) is 13.9. The fourth-order valence-electron chi connectivity index (χ4n) is 3.14. The maximum atomic E-state index is 12.6. The van der Waals surface area contributed by atoms with Gasteiger partial charge in [-0.05, 0) is 48.4 Å². The summed E-state index contributed by atoms with van der Waals surface area (Å²) in [4.78, 5) is 16.1. The van der Waals surface area contributed by atoms with Gasteiger partial charge in [0, 0.05) is 17.5 Å². The van der Waals surface area contributed by atoms with Crippen molar-refractivity contribution in [3.8, 4) is 0 Å². The lowest BCUT2D eigenvalue weighted by Gasteiger charge is -2.34. The smallest absolute Gasteiger partial charge is 0.247 e. The summed E-state index contributed by atoms with van der Waals surface area (Å²) in [5, 5.41) is 2.14. The number of aryl methyl sites for hydroxylation is 1. The van der Waals surface area contributed by atoms with Gasteiger partial charge in [-0.15, -0.1) is 11.3 Å². The standard InChI is InChI=1S/C19H21NOS/c1-3-17-16-10-12-22-18(16)9-11-20(17)19(21)8-7-15-6-4-5-14(2)13-15/h4-8,10,12-13,17H,3,9,11H2,1-2H3. The molecule has 1 atom stereocenters. The van der Waals surface area contributed by atoms with Crippen LogP contribution in [0.25, 0.3) is 6.08 Å². The number of thiophene rings is 1. The van der Waals surface area contributed by atoms with Crippen molar-refractivity contribution in [1.82, 2.24) is 4.90 Å². The second-order valence-electron chi connectivity index (χ2n) is 5.75. The largest absolute Gasteiger partial charge is 0.332 e. The van der Waals surface area contributed by atoms with Crippen LogP contribution < -0.4 is 0 Å². The molecule has 1 aliphatic heterocycles. The molecule has 1 aliphatic rings. The molecule has 3 heteroatoms. The van der Waals surface area contributed by atoms with E-state index in [2.05, 4.69) is 37.4 Å². The van der Waals surface area contributed by atoms with Crippen LogP contribution in [0.1, 0.15) is 41.0 Å². The fourth-order valence-corrected chi connectivity index (χ4v) is 4.07.